The zero-order chi connectivity index (χ0) is 18.6. The van der Waals surface area contributed by atoms with Gasteiger partial charge in [0, 0.05) is 25.9 Å². The van der Waals surface area contributed by atoms with Gasteiger partial charge in [0.15, 0.2) is 0 Å². The molecule has 0 aromatic carbocycles. The van der Waals surface area contributed by atoms with Crippen molar-refractivity contribution in [3.05, 3.63) is 15.6 Å². The van der Waals surface area contributed by atoms with E-state index in [2.05, 4.69) is 10.3 Å². The Bertz CT molecular complexity index is 652. The third-order valence-corrected chi connectivity index (χ3v) is 5.83. The van der Waals surface area contributed by atoms with E-state index >= 15 is 0 Å². The van der Waals surface area contributed by atoms with Crippen LogP contribution in [0.15, 0.2) is 0 Å². The van der Waals surface area contributed by atoms with Crippen molar-refractivity contribution in [2.45, 2.75) is 58.4 Å². The SMILES string of the molecule is CC(=O)NCCN(C(=O)c1sc(C2CCCC2)nc1C)C(C)C(=O)O. The highest BCUT2D eigenvalue weighted by atomic mass is 32.1. The maximum absolute atomic E-state index is 12.9. The summed E-state index contributed by atoms with van der Waals surface area (Å²) in [6, 6.07) is -0.974. The van der Waals surface area contributed by atoms with Gasteiger partial charge in [-0.15, -0.1) is 11.3 Å². The van der Waals surface area contributed by atoms with E-state index in [0.29, 0.717) is 16.5 Å². The first-order chi connectivity index (χ1) is 11.8. The number of carbonyl (C=O) groups is 3. The van der Waals surface area contributed by atoms with E-state index < -0.39 is 12.0 Å². The van der Waals surface area contributed by atoms with Gasteiger partial charge in [-0.1, -0.05) is 12.8 Å². The first kappa shape index (κ1) is 19.4. The second-order valence-corrected chi connectivity index (χ2v) is 7.47. The molecule has 8 heteroatoms. The lowest BCUT2D eigenvalue weighted by atomic mass is 10.1. The Morgan fingerprint density at radius 2 is 2.00 bits per heavy atom. The second-order valence-electron chi connectivity index (χ2n) is 6.44. The average molecular weight is 367 g/mol. The van der Waals surface area contributed by atoms with Gasteiger partial charge in [-0.05, 0) is 26.7 Å². The zero-order valence-corrected chi connectivity index (χ0v) is 15.7. The summed E-state index contributed by atoms with van der Waals surface area (Å²) >= 11 is 1.38. The summed E-state index contributed by atoms with van der Waals surface area (Å²) in [6.45, 7) is 5.00. The molecule has 1 aromatic heterocycles. The van der Waals surface area contributed by atoms with Crippen LogP contribution in [0.4, 0.5) is 0 Å². The number of nitrogens with zero attached hydrogens (tertiary/aromatic N) is 2. The van der Waals surface area contributed by atoms with E-state index in [0.717, 1.165) is 17.8 Å². The monoisotopic (exact) mass is 367 g/mol. The van der Waals surface area contributed by atoms with Gasteiger partial charge in [-0.2, -0.15) is 0 Å². The molecular formula is C17H25N3O4S. The molecule has 1 aliphatic rings. The Morgan fingerprint density at radius 1 is 1.36 bits per heavy atom. The standard InChI is InChI=1S/C17H25N3O4S/c1-10-14(25-15(19-10)13-6-4-5-7-13)16(22)20(11(2)17(23)24)9-8-18-12(3)21/h11,13H,4-9H2,1-3H3,(H,18,21)(H,23,24). The van der Waals surface area contributed by atoms with Crippen molar-refractivity contribution in [3.63, 3.8) is 0 Å². The Labute approximate surface area is 151 Å². The van der Waals surface area contributed by atoms with Crippen molar-refractivity contribution < 1.29 is 19.5 Å². The summed E-state index contributed by atoms with van der Waals surface area (Å²) in [4.78, 5) is 41.7. The number of aryl methyl sites for hydroxylation is 1. The van der Waals surface area contributed by atoms with Crippen LogP contribution in [0.2, 0.25) is 0 Å². The molecule has 2 rings (SSSR count). The van der Waals surface area contributed by atoms with Crippen molar-refractivity contribution in [1.82, 2.24) is 15.2 Å². The average Bonchev–Trinajstić information content (AvgIpc) is 3.19. The van der Waals surface area contributed by atoms with Gasteiger partial charge in [0.1, 0.15) is 10.9 Å². The molecule has 1 fully saturated rings. The lowest BCUT2D eigenvalue weighted by molar-refractivity contribution is -0.141. The molecule has 1 aliphatic carbocycles. The number of aliphatic carboxylic acids is 1. The molecule has 7 nitrogen and oxygen atoms in total. The van der Waals surface area contributed by atoms with Gasteiger partial charge in [0.2, 0.25) is 5.91 Å². The van der Waals surface area contributed by atoms with Crippen LogP contribution in [0.5, 0.6) is 0 Å². The molecular weight excluding hydrogens is 342 g/mol. The topological polar surface area (TPSA) is 99.6 Å². The number of hydrogen-bond donors (Lipinski definition) is 2. The number of thiazole rings is 1. The van der Waals surface area contributed by atoms with Crippen LogP contribution < -0.4 is 5.32 Å². The van der Waals surface area contributed by atoms with E-state index in [9.17, 15) is 19.5 Å². The predicted octanol–water partition coefficient (Wildman–Crippen LogP) is 2.16. The number of carbonyl (C=O) groups excluding carboxylic acids is 2. The van der Waals surface area contributed by atoms with Crippen LogP contribution in [0.1, 0.15) is 65.8 Å². The largest absolute Gasteiger partial charge is 0.480 e. The van der Waals surface area contributed by atoms with E-state index in [1.165, 1.54) is 42.9 Å². The number of carboxylic acids is 1. The molecule has 0 bridgehead atoms. The molecule has 25 heavy (non-hydrogen) atoms. The van der Waals surface area contributed by atoms with Crippen LogP contribution >= 0.6 is 11.3 Å². The van der Waals surface area contributed by atoms with Gasteiger partial charge in [0.25, 0.3) is 5.91 Å². The predicted molar refractivity (Wildman–Crippen MR) is 94.9 cm³/mol. The number of rotatable bonds is 7. The number of nitrogens with one attached hydrogen (secondary N) is 1. The normalized spacial score (nSPS) is 15.8. The van der Waals surface area contributed by atoms with E-state index in [1.54, 1.807) is 6.92 Å². The van der Waals surface area contributed by atoms with Gasteiger partial charge in [-0.3, -0.25) is 9.59 Å². The first-order valence-corrected chi connectivity index (χ1v) is 9.38. The lowest BCUT2D eigenvalue weighted by Gasteiger charge is -2.26. The maximum atomic E-state index is 12.9. The molecule has 1 saturated carbocycles. The third-order valence-electron chi connectivity index (χ3n) is 4.52. The van der Waals surface area contributed by atoms with Crippen molar-refractivity contribution >= 4 is 29.1 Å². The van der Waals surface area contributed by atoms with Crippen LogP contribution in [0.25, 0.3) is 0 Å². The highest BCUT2D eigenvalue weighted by Crippen LogP contribution is 2.37. The number of hydrogen-bond acceptors (Lipinski definition) is 5. The molecule has 1 heterocycles. The molecule has 2 N–H and O–H groups in total. The van der Waals surface area contributed by atoms with Crippen molar-refractivity contribution in [3.8, 4) is 0 Å². The van der Waals surface area contributed by atoms with Gasteiger partial charge < -0.3 is 15.3 Å². The summed E-state index contributed by atoms with van der Waals surface area (Å²) in [6.07, 6.45) is 4.56. The molecule has 1 unspecified atom stereocenters. The summed E-state index contributed by atoms with van der Waals surface area (Å²) < 4.78 is 0. The van der Waals surface area contributed by atoms with Gasteiger partial charge in [-0.25, -0.2) is 9.78 Å². The van der Waals surface area contributed by atoms with Crippen LogP contribution in [-0.4, -0.2) is 51.9 Å². The number of amides is 2. The van der Waals surface area contributed by atoms with E-state index in [4.69, 9.17) is 0 Å². The quantitative estimate of drug-likeness (QED) is 0.769. The van der Waals surface area contributed by atoms with Crippen LogP contribution in [0, 0.1) is 6.92 Å². The fourth-order valence-corrected chi connectivity index (χ4v) is 4.24. The highest BCUT2D eigenvalue weighted by Gasteiger charge is 2.30. The van der Waals surface area contributed by atoms with Crippen molar-refractivity contribution in [2.24, 2.45) is 0 Å². The van der Waals surface area contributed by atoms with Crippen molar-refractivity contribution in [2.75, 3.05) is 13.1 Å². The zero-order valence-electron chi connectivity index (χ0n) is 14.9. The summed E-state index contributed by atoms with van der Waals surface area (Å²) in [5.74, 6) is -1.21. The minimum Gasteiger partial charge on any atom is -0.480 e. The third kappa shape index (κ3) is 4.78. The maximum Gasteiger partial charge on any atom is 0.326 e. The second kappa shape index (κ2) is 8.42. The Kier molecular flexibility index (Phi) is 6.52. The number of carboxylic acid groups (broad SMARTS) is 1. The molecule has 1 aromatic rings. The van der Waals surface area contributed by atoms with Crippen molar-refractivity contribution in [1.29, 1.82) is 0 Å². The Morgan fingerprint density at radius 3 is 2.56 bits per heavy atom. The number of aromatic nitrogens is 1. The highest BCUT2D eigenvalue weighted by molar-refractivity contribution is 7.13. The Balaban J connectivity index is 2.19. The molecule has 138 valence electrons. The van der Waals surface area contributed by atoms with E-state index in [1.807, 2.05) is 0 Å². The fraction of sp³-hybridized carbons (Fsp3) is 0.647. The summed E-state index contributed by atoms with van der Waals surface area (Å²) in [7, 11) is 0. The minimum atomic E-state index is -1.07. The molecule has 1 atom stereocenters. The van der Waals surface area contributed by atoms with Gasteiger partial charge in [0.05, 0.1) is 10.7 Å². The fourth-order valence-electron chi connectivity index (χ4n) is 3.05. The molecule has 0 spiro atoms. The minimum absolute atomic E-state index is 0.141. The Hall–Kier alpha value is -1.96. The molecule has 2 amide bonds. The smallest absolute Gasteiger partial charge is 0.326 e. The van der Waals surface area contributed by atoms with E-state index in [-0.39, 0.29) is 24.9 Å². The summed E-state index contributed by atoms with van der Waals surface area (Å²) in [5.41, 5.74) is 0.652. The van der Waals surface area contributed by atoms with Crippen LogP contribution in [0.3, 0.4) is 0 Å². The first-order valence-electron chi connectivity index (χ1n) is 8.56. The lowest BCUT2D eigenvalue weighted by Crippen LogP contribution is -2.46. The molecule has 0 aliphatic heterocycles. The van der Waals surface area contributed by atoms with Gasteiger partial charge >= 0.3 is 5.97 Å². The molecule has 0 radical (unpaired) electrons. The van der Waals surface area contributed by atoms with Crippen LogP contribution in [-0.2, 0) is 9.59 Å². The summed E-state index contributed by atoms with van der Waals surface area (Å²) in [5, 5.41) is 12.9. The molecule has 0 saturated heterocycles.